The van der Waals surface area contributed by atoms with Crippen LogP contribution in [0.15, 0.2) is 48.6 Å². The molecule has 0 aromatic carbocycles. The highest BCUT2D eigenvalue weighted by atomic mass is 31.2. The highest BCUT2D eigenvalue weighted by molar-refractivity contribution is 7.47. The fraction of sp³-hybridized carbons (Fsp3) is 0.853. The van der Waals surface area contributed by atoms with E-state index in [1.54, 1.807) is 0 Å². The fourth-order valence-electron chi connectivity index (χ4n) is 12.0. The molecule has 0 bridgehead atoms. The Kier molecular flexibility index (Phi) is 41.9. The Hall–Kier alpha value is -2.99. The van der Waals surface area contributed by atoms with Gasteiger partial charge in [-0.15, -0.1) is 0 Å². The lowest BCUT2D eigenvalue weighted by Gasteiger charge is -2.49. The molecule has 33 nitrogen and oxygen atoms in total. The van der Waals surface area contributed by atoms with E-state index < -0.39 is 225 Å². The van der Waals surface area contributed by atoms with E-state index in [1.165, 1.54) is 25.7 Å². The van der Waals surface area contributed by atoms with E-state index in [4.69, 9.17) is 56.4 Å². The van der Waals surface area contributed by atoms with Crippen molar-refractivity contribution in [2.45, 2.75) is 327 Å². The largest absolute Gasteiger partial charge is 0.472 e. The van der Waals surface area contributed by atoms with E-state index in [0.717, 1.165) is 83.5 Å². The van der Waals surface area contributed by atoms with E-state index in [1.807, 2.05) is 0 Å². The topological polar surface area (TPSA) is 526 Å². The molecule has 0 aromatic rings. The van der Waals surface area contributed by atoms with E-state index >= 15 is 0 Å². The summed E-state index contributed by atoms with van der Waals surface area (Å²) in [5, 5.41) is 183. The third kappa shape index (κ3) is 28.9. The molecule has 0 spiro atoms. The van der Waals surface area contributed by atoms with Crippen LogP contribution in [0.3, 0.4) is 0 Å². The van der Waals surface area contributed by atoms with Crippen molar-refractivity contribution in [2.75, 3.05) is 39.6 Å². The summed E-state index contributed by atoms with van der Waals surface area (Å²) >= 11 is 0. The first-order chi connectivity index (χ1) is 48.8. The van der Waals surface area contributed by atoms with Gasteiger partial charge in [-0.3, -0.25) is 18.6 Å². The molecule has 0 radical (unpaired) electrons. The number of unbranched alkanes of at least 4 members (excludes halogenated alkanes) is 15. The Bertz CT molecular complexity index is 2480. The van der Waals surface area contributed by atoms with Crippen LogP contribution in [0.5, 0.6) is 0 Å². The van der Waals surface area contributed by atoms with Crippen LogP contribution < -0.4 is 0 Å². The summed E-state index contributed by atoms with van der Waals surface area (Å²) in [6, 6.07) is 0. The minimum atomic E-state index is -5.83. The van der Waals surface area contributed by atoms with Gasteiger partial charge in [-0.1, -0.05) is 127 Å². The molecule has 0 aromatic heterocycles. The van der Waals surface area contributed by atoms with Crippen molar-refractivity contribution in [3.63, 3.8) is 0 Å². The van der Waals surface area contributed by atoms with Crippen LogP contribution in [0.1, 0.15) is 162 Å². The van der Waals surface area contributed by atoms with Gasteiger partial charge in [0.2, 0.25) is 0 Å². The zero-order valence-electron chi connectivity index (χ0n) is 58.3. The molecule has 18 N–H and O–H groups in total. The molecule has 4 heterocycles. The average molecular weight is 1490 g/mol. The normalized spacial score (nSPS) is 36.5. The summed E-state index contributed by atoms with van der Waals surface area (Å²) in [6.45, 7) is -1.05. The average Bonchev–Trinajstić information content (AvgIpc) is 0.761. The first kappa shape index (κ1) is 89.6. The van der Waals surface area contributed by atoms with E-state index in [9.17, 15) is 106 Å². The Morgan fingerprint density at radius 3 is 1.20 bits per heavy atom. The molecular formula is C68H117O33P. The number of aliphatic hydroxyl groups is 17. The summed E-state index contributed by atoms with van der Waals surface area (Å²) in [5.74, 6) is -1.49. The zero-order valence-corrected chi connectivity index (χ0v) is 59.2. The van der Waals surface area contributed by atoms with E-state index in [-0.39, 0.29) is 12.8 Å². The van der Waals surface area contributed by atoms with Gasteiger partial charge in [-0.2, -0.15) is 0 Å². The number of carbonyl (C=O) groups excluding carboxylic acids is 2. The second-order valence-corrected chi connectivity index (χ2v) is 27.9. The number of phosphoric acid groups is 1. The van der Waals surface area contributed by atoms with Crippen LogP contribution in [0, 0.1) is 0 Å². The maximum atomic E-state index is 14.4. The van der Waals surface area contributed by atoms with E-state index in [2.05, 4.69) is 62.5 Å². The second-order valence-electron chi connectivity index (χ2n) is 26.5. The first-order valence-corrected chi connectivity index (χ1v) is 37.5. The lowest BCUT2D eigenvalue weighted by molar-refractivity contribution is -0.365. The number of hydrogen-bond acceptors (Lipinski definition) is 32. The smallest absolute Gasteiger partial charge is 0.462 e. The number of phosphoric ester groups is 1. The van der Waals surface area contributed by atoms with Crippen molar-refractivity contribution in [3.8, 4) is 0 Å². The first-order valence-electron chi connectivity index (χ1n) is 36.0. The molecular weight excluding hydrogens is 1380 g/mol. The minimum absolute atomic E-state index is 0.0267. The summed E-state index contributed by atoms with van der Waals surface area (Å²) in [5.41, 5.74) is 0. The molecule has 102 heavy (non-hydrogen) atoms. The van der Waals surface area contributed by atoms with Crippen molar-refractivity contribution in [3.05, 3.63) is 48.6 Å². The maximum absolute atomic E-state index is 14.4. The maximum Gasteiger partial charge on any atom is 0.472 e. The van der Waals surface area contributed by atoms with Crippen LogP contribution in [-0.2, 0) is 70.6 Å². The molecule has 4 saturated heterocycles. The molecule has 1 saturated carbocycles. The van der Waals surface area contributed by atoms with Gasteiger partial charge in [0.15, 0.2) is 31.3 Å². The van der Waals surface area contributed by atoms with Crippen molar-refractivity contribution >= 4 is 19.8 Å². The standard InChI is InChI=1S/C68H117O33P/c1-3-5-7-9-11-13-15-17-18-19-21-22-24-26-28-30-32-45(71)90-36-40(94-46(72)33-31-29-27-25-23-20-16-14-12-10-8-6-4-2)37-93-102(88,89)101-64-62(99-67-60(86)52(78)48(74)42(35-70)96-67)56(82)55(81)57(83)63(64)100-68-61(87)54(80)50(76)44(98-68)39-92-66-59(85)53(79)49(75)43(97-66)38-91-65-58(84)51(77)47(73)41(34-69)95-65/h8,10,13-16,18-19,40-44,47-70,73-87H,3-7,9,11-12,17,20-39H2,1-2H3,(H,88,89)/b10-8-,15-13-,16-14-,19-18-/t40-,41?,42?,43?,44?,47+,48-,49+,50+,51?,52?,53?,54?,55+,56?,57?,58+,59+,60-,61+,62-,63?,64+,65-,66-,67-,68+/m1/s1. The highest BCUT2D eigenvalue weighted by Gasteiger charge is 2.59. The highest BCUT2D eigenvalue weighted by Crippen LogP contribution is 2.49. The Morgan fingerprint density at radius 2 is 0.755 bits per heavy atom. The Morgan fingerprint density at radius 1 is 0.392 bits per heavy atom. The fourth-order valence-corrected chi connectivity index (χ4v) is 13.0. The monoisotopic (exact) mass is 1490 g/mol. The number of allylic oxidation sites excluding steroid dienone is 8. The number of rotatable bonds is 47. The third-order valence-electron chi connectivity index (χ3n) is 18.3. The van der Waals surface area contributed by atoms with Gasteiger partial charge >= 0.3 is 19.8 Å². The number of esters is 2. The lowest BCUT2D eigenvalue weighted by atomic mass is 9.84. The summed E-state index contributed by atoms with van der Waals surface area (Å²) in [7, 11) is -5.83. The third-order valence-corrected chi connectivity index (χ3v) is 19.3. The quantitative estimate of drug-likeness (QED) is 0.0155. The summed E-state index contributed by atoms with van der Waals surface area (Å²) in [4.78, 5) is 38.1. The van der Waals surface area contributed by atoms with Crippen molar-refractivity contribution in [1.82, 2.24) is 0 Å². The number of aliphatic hydroxyl groups excluding tert-OH is 17. The van der Waals surface area contributed by atoms with Gasteiger partial charge in [0.05, 0.1) is 33.0 Å². The van der Waals surface area contributed by atoms with Crippen LogP contribution in [0.2, 0.25) is 0 Å². The molecule has 0 amide bonds. The van der Waals surface area contributed by atoms with Crippen molar-refractivity contribution in [2.24, 2.45) is 0 Å². The predicted octanol–water partition coefficient (Wildman–Crippen LogP) is -0.705. The molecule has 4 aliphatic heterocycles. The molecule has 5 rings (SSSR count). The predicted molar refractivity (Wildman–Crippen MR) is 356 cm³/mol. The summed E-state index contributed by atoms with van der Waals surface area (Å²) in [6.07, 6.45) is -19.9. The van der Waals surface area contributed by atoms with Gasteiger partial charge in [0.25, 0.3) is 0 Å². The second kappa shape index (κ2) is 47.7. The molecule has 5 aliphatic rings. The molecule has 1 aliphatic carbocycles. The molecule has 592 valence electrons. The van der Waals surface area contributed by atoms with Gasteiger partial charge in [0.1, 0.15) is 141 Å². The van der Waals surface area contributed by atoms with Crippen molar-refractivity contribution < 1.29 is 162 Å². The number of carbonyl (C=O) groups is 2. The summed E-state index contributed by atoms with van der Waals surface area (Å²) < 4.78 is 81.3. The van der Waals surface area contributed by atoms with Crippen LogP contribution in [-0.4, -0.2) is 309 Å². The molecule has 5 fully saturated rings. The zero-order chi connectivity index (χ0) is 74.9. The van der Waals surface area contributed by atoms with Crippen LogP contribution >= 0.6 is 7.82 Å². The number of ether oxygens (including phenoxy) is 10. The van der Waals surface area contributed by atoms with Gasteiger partial charge in [-0.25, -0.2) is 4.57 Å². The SMILES string of the molecule is CCC/C=C\C/C=C\CCCCCCCC(=O)O[C@H](COC(=O)CCCCCCC/C=C\C/C=C\CCCCCC)COP(=O)(O)O[C@@H]1C(O[C@@H]2OC(CO[C@@H]3OC(CO[C@@H]4OC(CO)[C@H](O)C(O)[C@@H]4O)[C@H](O)C(O)[C@@H]3O)[C@H](O)C(O)[C@@H]2O)C(O)[C@@H](O)C(O)[C@H]1O[C@H]1OC(CO)[C@@H](O)C(O)[C@H]1O. The number of hydrogen-bond donors (Lipinski definition) is 18. The molecule has 28 atom stereocenters. The van der Waals surface area contributed by atoms with Gasteiger partial charge < -0.3 is 139 Å². The molecule has 12 unspecified atom stereocenters. The van der Waals surface area contributed by atoms with Crippen LogP contribution in [0.25, 0.3) is 0 Å². The van der Waals surface area contributed by atoms with Crippen LogP contribution in [0.4, 0.5) is 0 Å². The molecule has 34 heteroatoms. The Labute approximate surface area is 595 Å². The van der Waals surface area contributed by atoms with Gasteiger partial charge in [0, 0.05) is 12.8 Å². The van der Waals surface area contributed by atoms with Gasteiger partial charge in [-0.05, 0) is 70.6 Å². The minimum Gasteiger partial charge on any atom is -0.462 e. The lowest BCUT2D eigenvalue weighted by Crippen LogP contribution is -2.69. The van der Waals surface area contributed by atoms with E-state index in [0.29, 0.717) is 25.7 Å². The van der Waals surface area contributed by atoms with Crippen molar-refractivity contribution in [1.29, 1.82) is 0 Å². The Balaban J connectivity index is 1.30.